The van der Waals surface area contributed by atoms with E-state index in [9.17, 15) is 19.2 Å². The monoisotopic (exact) mass is 495 g/mol. The molecular weight excluding hydrogens is 446 g/mol. The summed E-state index contributed by atoms with van der Waals surface area (Å²) in [5.74, 6) is -0.786. The molecule has 5 atom stereocenters. The zero-order valence-electron chi connectivity index (χ0n) is 22.3. The lowest BCUT2D eigenvalue weighted by Gasteiger charge is -2.28. The summed E-state index contributed by atoms with van der Waals surface area (Å²) >= 11 is 0. The number of carbonyl (C=O) groups is 4. The van der Waals surface area contributed by atoms with Crippen LogP contribution in [0.2, 0.25) is 0 Å². The smallest absolute Gasteiger partial charge is 0.243 e. The number of hydrogen-bond acceptors (Lipinski definition) is 5. The van der Waals surface area contributed by atoms with E-state index in [0.29, 0.717) is 32.2 Å². The van der Waals surface area contributed by atoms with Crippen molar-refractivity contribution in [2.24, 2.45) is 17.6 Å². The standard InChI is InChI=1S/C26H49N5O4/c1-5-18(3)12-9-7-8-10-13-20-16-22(32)28-17-23(33)30-21(14-11-15-27)25(34)31-24(19(4)6-2)26(35)29-20/h18-21,24H,5-17,27H2,1-4H3,(H,28,32)(H,29,35)(H,30,33)(H,31,34)/t18-,19-,20-,21+,24+/m1/s1. The molecule has 1 rings (SSSR count). The van der Waals surface area contributed by atoms with Crippen LogP contribution in [0, 0.1) is 11.8 Å². The summed E-state index contributed by atoms with van der Waals surface area (Å²) in [6, 6.07) is -1.90. The van der Waals surface area contributed by atoms with Crippen molar-refractivity contribution in [3.05, 3.63) is 0 Å². The van der Waals surface area contributed by atoms with Crippen molar-refractivity contribution >= 4 is 23.6 Å². The predicted molar refractivity (Wildman–Crippen MR) is 138 cm³/mol. The number of amides is 4. The summed E-state index contributed by atoms with van der Waals surface area (Å²) in [7, 11) is 0. The first-order valence-electron chi connectivity index (χ1n) is 13.6. The average molecular weight is 496 g/mol. The van der Waals surface area contributed by atoms with E-state index in [1.807, 2.05) is 13.8 Å². The molecule has 9 nitrogen and oxygen atoms in total. The fraction of sp³-hybridized carbons (Fsp3) is 0.846. The van der Waals surface area contributed by atoms with E-state index in [0.717, 1.165) is 25.2 Å². The highest BCUT2D eigenvalue weighted by Crippen LogP contribution is 2.16. The molecule has 0 saturated carbocycles. The zero-order chi connectivity index (χ0) is 26.2. The molecule has 35 heavy (non-hydrogen) atoms. The van der Waals surface area contributed by atoms with Gasteiger partial charge in [0.05, 0.1) is 6.54 Å². The Morgan fingerprint density at radius 2 is 1.54 bits per heavy atom. The van der Waals surface area contributed by atoms with Gasteiger partial charge in [0.15, 0.2) is 0 Å². The van der Waals surface area contributed by atoms with Gasteiger partial charge in [-0.2, -0.15) is 0 Å². The molecule has 1 heterocycles. The Kier molecular flexibility index (Phi) is 15.3. The van der Waals surface area contributed by atoms with Crippen LogP contribution >= 0.6 is 0 Å². The molecule has 0 aromatic rings. The van der Waals surface area contributed by atoms with Crippen molar-refractivity contribution < 1.29 is 19.2 Å². The third-order valence-electron chi connectivity index (χ3n) is 7.06. The second-order valence-corrected chi connectivity index (χ2v) is 10.1. The van der Waals surface area contributed by atoms with Gasteiger partial charge in [-0.1, -0.05) is 72.6 Å². The van der Waals surface area contributed by atoms with Gasteiger partial charge in [0.1, 0.15) is 12.1 Å². The van der Waals surface area contributed by atoms with Crippen LogP contribution in [-0.4, -0.2) is 54.8 Å². The molecule has 1 fully saturated rings. The molecule has 0 aromatic heterocycles. The number of unbranched alkanes of at least 4 members (excludes halogenated alkanes) is 3. The predicted octanol–water partition coefficient (Wildman–Crippen LogP) is 2.13. The Hall–Kier alpha value is -2.16. The van der Waals surface area contributed by atoms with E-state index >= 15 is 0 Å². The first-order chi connectivity index (χ1) is 16.7. The van der Waals surface area contributed by atoms with E-state index in [2.05, 4.69) is 35.1 Å². The maximum absolute atomic E-state index is 13.2. The fourth-order valence-electron chi connectivity index (χ4n) is 4.22. The van der Waals surface area contributed by atoms with Crippen LogP contribution in [0.25, 0.3) is 0 Å². The van der Waals surface area contributed by atoms with Crippen LogP contribution in [-0.2, 0) is 19.2 Å². The highest BCUT2D eigenvalue weighted by molar-refractivity contribution is 5.94. The average Bonchev–Trinajstić information content (AvgIpc) is 2.84. The lowest BCUT2D eigenvalue weighted by atomic mass is 9.96. The summed E-state index contributed by atoms with van der Waals surface area (Å²) in [6.07, 6.45) is 9.07. The molecule has 4 amide bonds. The lowest BCUT2D eigenvalue weighted by Crippen LogP contribution is -2.57. The van der Waals surface area contributed by atoms with E-state index in [4.69, 9.17) is 5.73 Å². The quantitative estimate of drug-likeness (QED) is 0.249. The Morgan fingerprint density at radius 3 is 2.20 bits per heavy atom. The van der Waals surface area contributed by atoms with Crippen LogP contribution in [0.5, 0.6) is 0 Å². The molecule has 6 N–H and O–H groups in total. The maximum Gasteiger partial charge on any atom is 0.243 e. The molecule has 0 unspecified atom stereocenters. The van der Waals surface area contributed by atoms with Crippen molar-refractivity contribution in [3.63, 3.8) is 0 Å². The molecule has 202 valence electrons. The van der Waals surface area contributed by atoms with Crippen molar-refractivity contribution in [2.45, 2.75) is 116 Å². The minimum Gasteiger partial charge on any atom is -0.351 e. The van der Waals surface area contributed by atoms with Crippen LogP contribution in [0.4, 0.5) is 0 Å². The zero-order valence-corrected chi connectivity index (χ0v) is 22.3. The van der Waals surface area contributed by atoms with Gasteiger partial charge in [0.25, 0.3) is 0 Å². The Balaban J connectivity index is 2.91. The Morgan fingerprint density at radius 1 is 0.829 bits per heavy atom. The first kappa shape index (κ1) is 30.9. The summed E-state index contributed by atoms with van der Waals surface area (Å²) < 4.78 is 0. The van der Waals surface area contributed by atoms with Gasteiger partial charge in [0.2, 0.25) is 23.6 Å². The second kappa shape index (κ2) is 17.3. The highest BCUT2D eigenvalue weighted by atomic mass is 16.2. The van der Waals surface area contributed by atoms with E-state index in [1.54, 1.807) is 0 Å². The summed E-state index contributed by atoms with van der Waals surface area (Å²) in [5.41, 5.74) is 5.59. The SMILES string of the molecule is CC[C@@H](C)CCCCCC[C@@H]1CC(=O)NCC(=O)N[C@@H](CCCN)C(=O)N[C@@H]([C@H](C)CC)C(=O)N1. The number of nitrogens with two attached hydrogens (primary N) is 1. The molecule has 0 radical (unpaired) electrons. The molecular formula is C26H49N5O4. The van der Waals surface area contributed by atoms with Crippen LogP contribution in [0.3, 0.4) is 0 Å². The molecule has 1 aliphatic rings. The van der Waals surface area contributed by atoms with Gasteiger partial charge < -0.3 is 27.0 Å². The van der Waals surface area contributed by atoms with Gasteiger partial charge in [0, 0.05) is 12.5 Å². The highest BCUT2D eigenvalue weighted by Gasteiger charge is 2.31. The minimum atomic E-state index is -0.811. The Bertz CT molecular complexity index is 672. The van der Waals surface area contributed by atoms with E-state index < -0.39 is 23.9 Å². The number of rotatable bonds is 13. The van der Waals surface area contributed by atoms with Crippen LogP contribution < -0.4 is 27.0 Å². The first-order valence-corrected chi connectivity index (χ1v) is 13.6. The maximum atomic E-state index is 13.2. The van der Waals surface area contributed by atoms with Crippen molar-refractivity contribution in [1.29, 1.82) is 0 Å². The molecule has 1 aliphatic heterocycles. The molecule has 0 aromatic carbocycles. The Labute approximate surface area is 211 Å². The second-order valence-electron chi connectivity index (χ2n) is 10.1. The van der Waals surface area contributed by atoms with Gasteiger partial charge in [-0.3, -0.25) is 19.2 Å². The topological polar surface area (TPSA) is 142 Å². The van der Waals surface area contributed by atoms with Crippen molar-refractivity contribution in [2.75, 3.05) is 13.1 Å². The molecule has 9 heteroatoms. The van der Waals surface area contributed by atoms with Crippen molar-refractivity contribution in [1.82, 2.24) is 21.3 Å². The minimum absolute atomic E-state index is 0.101. The molecule has 1 saturated heterocycles. The van der Waals surface area contributed by atoms with Gasteiger partial charge in [-0.25, -0.2) is 0 Å². The van der Waals surface area contributed by atoms with Crippen LogP contribution in [0.1, 0.15) is 98.3 Å². The molecule has 0 bridgehead atoms. The van der Waals surface area contributed by atoms with E-state index in [-0.39, 0.29) is 36.7 Å². The molecule has 0 aliphatic carbocycles. The normalized spacial score (nSPS) is 24.1. The lowest BCUT2D eigenvalue weighted by molar-refractivity contribution is -0.133. The summed E-state index contributed by atoms with van der Waals surface area (Å²) in [5, 5.41) is 11.2. The van der Waals surface area contributed by atoms with Gasteiger partial charge in [-0.05, 0) is 37.6 Å². The number of hydrogen-bond donors (Lipinski definition) is 5. The summed E-state index contributed by atoms with van der Waals surface area (Å²) in [4.78, 5) is 51.2. The van der Waals surface area contributed by atoms with Gasteiger partial charge in [-0.15, -0.1) is 0 Å². The van der Waals surface area contributed by atoms with E-state index in [1.165, 1.54) is 19.3 Å². The van der Waals surface area contributed by atoms with Crippen molar-refractivity contribution in [3.8, 4) is 0 Å². The number of nitrogens with one attached hydrogen (secondary N) is 4. The third-order valence-corrected chi connectivity index (χ3v) is 7.06. The van der Waals surface area contributed by atoms with Crippen LogP contribution in [0.15, 0.2) is 0 Å². The summed E-state index contributed by atoms with van der Waals surface area (Å²) in [6.45, 7) is 8.52. The molecule has 0 spiro atoms. The number of carbonyl (C=O) groups excluding carboxylic acids is 4. The van der Waals surface area contributed by atoms with Gasteiger partial charge >= 0.3 is 0 Å². The third kappa shape index (κ3) is 12.4. The fourth-order valence-corrected chi connectivity index (χ4v) is 4.22. The largest absolute Gasteiger partial charge is 0.351 e.